The molecule has 5 nitrogen and oxygen atoms in total. The first kappa shape index (κ1) is 15.4. The second kappa shape index (κ2) is 5.97. The molecule has 1 amide bonds. The Hall–Kier alpha value is -2.69. The lowest BCUT2D eigenvalue weighted by Gasteiger charge is -2.09. The molecule has 0 aliphatic carbocycles. The molecule has 0 heterocycles. The third kappa shape index (κ3) is 4.53. The summed E-state index contributed by atoms with van der Waals surface area (Å²) in [7, 11) is 0. The van der Waals surface area contributed by atoms with Gasteiger partial charge in [-0.15, -0.1) is 13.2 Å². The van der Waals surface area contributed by atoms with Crippen LogP contribution in [0.2, 0.25) is 0 Å². The molecule has 0 spiro atoms. The summed E-state index contributed by atoms with van der Waals surface area (Å²) in [6, 6.07) is 6.06. The summed E-state index contributed by atoms with van der Waals surface area (Å²) in [5.74, 6) is -2.05. The van der Waals surface area contributed by atoms with Crippen molar-refractivity contribution in [2.45, 2.75) is 12.8 Å². The summed E-state index contributed by atoms with van der Waals surface area (Å²) in [6.45, 7) is 0. The molecule has 0 aliphatic rings. The highest BCUT2D eigenvalue weighted by Crippen LogP contribution is 2.23. The number of hydrogen-bond acceptors (Lipinski definition) is 4. The van der Waals surface area contributed by atoms with Gasteiger partial charge in [0.1, 0.15) is 17.6 Å². The van der Waals surface area contributed by atoms with Crippen LogP contribution >= 0.6 is 0 Å². The topological polar surface area (TPSA) is 96.3 Å². The fraction of sp³-hybridized carbons (Fsp3) is 0.167. The summed E-state index contributed by atoms with van der Waals surface area (Å²) >= 11 is 0. The number of aliphatic hydroxyl groups is 1. The number of nitriles is 1. The number of nitrogens with zero attached hydrogens (tertiary/aromatic N) is 1. The van der Waals surface area contributed by atoms with Gasteiger partial charge in [0.25, 0.3) is 5.91 Å². The number of alkyl halides is 3. The molecule has 1 aromatic carbocycles. The highest BCUT2D eigenvalue weighted by molar-refractivity contribution is 5.96. The smallest absolute Gasteiger partial charge is 0.510 e. The zero-order valence-corrected chi connectivity index (χ0v) is 9.94. The Balaban J connectivity index is 2.86. The Morgan fingerprint density at radius 3 is 2.30 bits per heavy atom. The van der Waals surface area contributed by atoms with E-state index >= 15 is 0 Å². The first-order valence-electron chi connectivity index (χ1n) is 5.19. The molecule has 8 heteroatoms. The van der Waals surface area contributed by atoms with Gasteiger partial charge < -0.3 is 15.6 Å². The number of allylic oxidation sites excluding steroid dienone is 1. The molecule has 0 saturated carbocycles. The van der Waals surface area contributed by atoms with E-state index in [-0.39, 0.29) is 6.42 Å². The molecule has 0 bridgehead atoms. The number of nitrogens with two attached hydrogens (primary N) is 1. The van der Waals surface area contributed by atoms with E-state index in [1.54, 1.807) is 0 Å². The maximum atomic E-state index is 11.9. The molecule has 0 aromatic heterocycles. The maximum Gasteiger partial charge on any atom is 0.573 e. The van der Waals surface area contributed by atoms with Crippen LogP contribution in [0, 0.1) is 11.3 Å². The van der Waals surface area contributed by atoms with Gasteiger partial charge in [-0.1, -0.05) is 12.1 Å². The molecular weight excluding hydrogens is 277 g/mol. The van der Waals surface area contributed by atoms with Crippen molar-refractivity contribution >= 4 is 5.91 Å². The minimum Gasteiger partial charge on any atom is -0.510 e. The van der Waals surface area contributed by atoms with E-state index in [2.05, 4.69) is 4.74 Å². The number of hydrogen-bond donors (Lipinski definition) is 2. The molecule has 1 aromatic rings. The average Bonchev–Trinajstić information content (AvgIpc) is 2.30. The third-order valence-corrected chi connectivity index (χ3v) is 2.18. The van der Waals surface area contributed by atoms with Gasteiger partial charge in [0.05, 0.1) is 0 Å². The number of primary amides is 1. The standard InChI is InChI=1S/C12H9F3N2O3/c13-12(14,15)20-8-3-1-7(2-4-8)5-10(18)9(6-16)11(17)19/h1-4,18H,5H2,(H2,17,19)/b10-9-. The van der Waals surface area contributed by atoms with Crippen LogP contribution < -0.4 is 10.5 Å². The van der Waals surface area contributed by atoms with Gasteiger partial charge in [-0.25, -0.2) is 0 Å². The van der Waals surface area contributed by atoms with Crippen LogP contribution in [0.5, 0.6) is 5.75 Å². The van der Waals surface area contributed by atoms with E-state index in [9.17, 15) is 23.1 Å². The van der Waals surface area contributed by atoms with Crippen molar-refractivity contribution in [1.29, 1.82) is 5.26 Å². The van der Waals surface area contributed by atoms with Gasteiger partial charge in [-0.05, 0) is 17.7 Å². The van der Waals surface area contributed by atoms with Crippen LogP contribution in [0.1, 0.15) is 5.56 Å². The van der Waals surface area contributed by atoms with Crippen LogP contribution in [-0.2, 0) is 11.2 Å². The molecule has 1 rings (SSSR count). The van der Waals surface area contributed by atoms with Gasteiger partial charge in [-0.2, -0.15) is 5.26 Å². The number of halogens is 3. The third-order valence-electron chi connectivity index (χ3n) is 2.18. The molecule has 3 N–H and O–H groups in total. The molecule has 0 radical (unpaired) electrons. The summed E-state index contributed by atoms with van der Waals surface area (Å²) in [5.41, 5.74) is 4.65. The first-order valence-corrected chi connectivity index (χ1v) is 5.19. The fourth-order valence-electron chi connectivity index (χ4n) is 1.35. The quantitative estimate of drug-likeness (QED) is 0.502. The van der Waals surface area contributed by atoms with Crippen molar-refractivity contribution in [1.82, 2.24) is 0 Å². The predicted octanol–water partition coefficient (Wildman–Crippen LogP) is 1.95. The number of aliphatic hydroxyl groups excluding tert-OH is 1. The second-order valence-corrected chi connectivity index (χ2v) is 3.67. The molecule has 0 unspecified atom stereocenters. The Morgan fingerprint density at radius 1 is 1.35 bits per heavy atom. The maximum absolute atomic E-state index is 11.9. The normalized spacial score (nSPS) is 12.3. The lowest BCUT2D eigenvalue weighted by atomic mass is 10.1. The van der Waals surface area contributed by atoms with E-state index in [1.807, 2.05) is 0 Å². The molecule has 0 saturated heterocycles. The van der Waals surface area contributed by atoms with E-state index in [0.29, 0.717) is 5.56 Å². The van der Waals surface area contributed by atoms with E-state index in [4.69, 9.17) is 11.0 Å². The monoisotopic (exact) mass is 286 g/mol. The van der Waals surface area contributed by atoms with E-state index < -0.39 is 29.4 Å². The molecule has 0 aliphatic heterocycles. The second-order valence-electron chi connectivity index (χ2n) is 3.67. The number of carbonyl (C=O) groups excluding carboxylic acids is 1. The average molecular weight is 286 g/mol. The Labute approximate surface area is 111 Å². The summed E-state index contributed by atoms with van der Waals surface area (Å²) in [4.78, 5) is 10.8. The van der Waals surface area contributed by atoms with Crippen LogP contribution in [0.25, 0.3) is 0 Å². The van der Waals surface area contributed by atoms with Gasteiger partial charge in [-0.3, -0.25) is 4.79 Å². The van der Waals surface area contributed by atoms with Gasteiger partial charge in [0.15, 0.2) is 5.57 Å². The van der Waals surface area contributed by atoms with Crippen molar-refractivity contribution in [3.05, 3.63) is 41.2 Å². The molecule has 106 valence electrons. The molecule has 0 fully saturated rings. The number of carbonyl (C=O) groups is 1. The highest BCUT2D eigenvalue weighted by Gasteiger charge is 2.30. The Bertz CT molecular complexity index is 571. The number of ether oxygens (including phenoxy) is 1. The van der Waals surface area contributed by atoms with Crippen LogP contribution in [0.15, 0.2) is 35.6 Å². The summed E-state index contributed by atoms with van der Waals surface area (Å²) in [5, 5.41) is 18.1. The van der Waals surface area contributed by atoms with Crippen molar-refractivity contribution in [2.75, 3.05) is 0 Å². The zero-order chi connectivity index (χ0) is 15.3. The van der Waals surface area contributed by atoms with Gasteiger partial charge >= 0.3 is 6.36 Å². The zero-order valence-electron chi connectivity index (χ0n) is 9.94. The molecule has 0 atom stereocenters. The predicted molar refractivity (Wildman–Crippen MR) is 61.3 cm³/mol. The molecule has 20 heavy (non-hydrogen) atoms. The summed E-state index contributed by atoms with van der Waals surface area (Å²) < 4.78 is 39.5. The van der Waals surface area contributed by atoms with E-state index in [1.165, 1.54) is 18.2 Å². The van der Waals surface area contributed by atoms with E-state index in [0.717, 1.165) is 12.1 Å². The van der Waals surface area contributed by atoms with Crippen LogP contribution in [-0.4, -0.2) is 17.4 Å². The number of rotatable bonds is 4. The molecular formula is C12H9F3N2O3. The Kier molecular flexibility index (Phi) is 4.59. The van der Waals surface area contributed by atoms with Crippen molar-refractivity contribution in [3.63, 3.8) is 0 Å². The lowest BCUT2D eigenvalue weighted by Crippen LogP contribution is -2.17. The lowest BCUT2D eigenvalue weighted by molar-refractivity contribution is -0.274. The minimum atomic E-state index is -4.79. The number of amides is 1. The Morgan fingerprint density at radius 2 is 1.90 bits per heavy atom. The van der Waals surface area contributed by atoms with Gasteiger partial charge in [0, 0.05) is 6.42 Å². The van der Waals surface area contributed by atoms with Crippen LogP contribution in [0.3, 0.4) is 0 Å². The fourth-order valence-corrected chi connectivity index (χ4v) is 1.35. The van der Waals surface area contributed by atoms with Crippen molar-refractivity contribution in [3.8, 4) is 11.8 Å². The largest absolute Gasteiger partial charge is 0.573 e. The number of benzene rings is 1. The van der Waals surface area contributed by atoms with Crippen molar-refractivity contribution in [2.24, 2.45) is 5.73 Å². The van der Waals surface area contributed by atoms with Gasteiger partial charge in [0.2, 0.25) is 0 Å². The first-order chi connectivity index (χ1) is 9.23. The SMILES string of the molecule is N#C/C(C(N)=O)=C(/O)Cc1ccc(OC(F)(F)F)cc1. The van der Waals surface area contributed by atoms with Crippen molar-refractivity contribution < 1.29 is 27.8 Å². The highest BCUT2D eigenvalue weighted by atomic mass is 19.4. The minimum absolute atomic E-state index is 0.210. The summed E-state index contributed by atoms with van der Waals surface area (Å²) in [6.07, 6.45) is -5.00. The van der Waals surface area contributed by atoms with Crippen LogP contribution in [0.4, 0.5) is 13.2 Å².